The molecule has 2 heterocycles. The summed E-state index contributed by atoms with van der Waals surface area (Å²) in [6.07, 6.45) is 2.27. The highest BCUT2D eigenvalue weighted by Crippen LogP contribution is 2.28. The van der Waals surface area contributed by atoms with E-state index in [1.165, 1.54) is 34.6 Å². The van der Waals surface area contributed by atoms with Gasteiger partial charge in [0.15, 0.2) is 15.0 Å². The normalized spacial score (nSPS) is 15.0. The molecule has 8 heteroatoms. The van der Waals surface area contributed by atoms with Gasteiger partial charge >= 0.3 is 0 Å². The topological polar surface area (TPSA) is 79.4 Å². The Morgan fingerprint density at radius 1 is 1.32 bits per heavy atom. The van der Waals surface area contributed by atoms with E-state index in [1.54, 1.807) is 12.1 Å². The SMILES string of the molecule is CCN1CCc2nc(NC(=O)Cc3ccc(S(C)(=O)=O)cc3)sc2C1. The number of hydrogen-bond acceptors (Lipinski definition) is 6. The molecule has 134 valence electrons. The molecule has 1 aliphatic rings. The largest absolute Gasteiger partial charge is 0.302 e. The fourth-order valence-electron chi connectivity index (χ4n) is 2.78. The highest BCUT2D eigenvalue weighted by Gasteiger charge is 2.20. The zero-order valence-electron chi connectivity index (χ0n) is 14.3. The maximum atomic E-state index is 12.2. The van der Waals surface area contributed by atoms with Crippen molar-refractivity contribution in [3.05, 3.63) is 40.4 Å². The van der Waals surface area contributed by atoms with Crippen molar-refractivity contribution < 1.29 is 13.2 Å². The first kappa shape index (κ1) is 18.0. The Morgan fingerprint density at radius 2 is 2.04 bits per heavy atom. The second-order valence-corrected chi connectivity index (χ2v) is 9.25. The number of carbonyl (C=O) groups is 1. The summed E-state index contributed by atoms with van der Waals surface area (Å²) >= 11 is 1.54. The first-order valence-corrected chi connectivity index (χ1v) is 10.9. The number of nitrogens with one attached hydrogen (secondary N) is 1. The van der Waals surface area contributed by atoms with Gasteiger partial charge in [0.1, 0.15) is 0 Å². The second-order valence-electron chi connectivity index (χ2n) is 6.15. The van der Waals surface area contributed by atoms with Crippen molar-refractivity contribution in [1.29, 1.82) is 0 Å². The summed E-state index contributed by atoms with van der Waals surface area (Å²) in [6.45, 7) is 5.06. The number of hydrogen-bond donors (Lipinski definition) is 1. The van der Waals surface area contributed by atoms with Crippen molar-refractivity contribution >= 4 is 32.2 Å². The van der Waals surface area contributed by atoms with E-state index >= 15 is 0 Å². The predicted molar refractivity (Wildman–Crippen MR) is 98.7 cm³/mol. The van der Waals surface area contributed by atoms with Crippen LogP contribution in [0.15, 0.2) is 29.2 Å². The van der Waals surface area contributed by atoms with E-state index in [-0.39, 0.29) is 17.2 Å². The van der Waals surface area contributed by atoms with Gasteiger partial charge in [0, 0.05) is 30.6 Å². The van der Waals surface area contributed by atoms with Crippen molar-refractivity contribution in [2.75, 3.05) is 24.7 Å². The minimum Gasteiger partial charge on any atom is -0.302 e. The standard InChI is InChI=1S/C17H21N3O3S2/c1-3-20-9-8-14-15(11-20)24-17(18-14)19-16(21)10-12-4-6-13(7-5-12)25(2,22)23/h4-7H,3,8-11H2,1-2H3,(H,18,19,21). The molecule has 1 N–H and O–H groups in total. The first-order valence-electron chi connectivity index (χ1n) is 8.15. The van der Waals surface area contributed by atoms with Gasteiger partial charge in [0.05, 0.1) is 17.0 Å². The van der Waals surface area contributed by atoms with Gasteiger partial charge in [-0.25, -0.2) is 13.4 Å². The number of sulfone groups is 1. The van der Waals surface area contributed by atoms with Crippen molar-refractivity contribution in [2.24, 2.45) is 0 Å². The van der Waals surface area contributed by atoms with Crippen LogP contribution in [0.2, 0.25) is 0 Å². The molecular formula is C17H21N3O3S2. The summed E-state index contributed by atoms with van der Waals surface area (Å²) in [5.74, 6) is -0.148. The Bertz CT molecular complexity index is 873. The molecule has 0 saturated carbocycles. The second kappa shape index (κ2) is 7.23. The van der Waals surface area contributed by atoms with E-state index in [4.69, 9.17) is 0 Å². The summed E-state index contributed by atoms with van der Waals surface area (Å²) in [4.78, 5) is 20.6. The van der Waals surface area contributed by atoms with Crippen molar-refractivity contribution in [2.45, 2.75) is 31.2 Å². The monoisotopic (exact) mass is 379 g/mol. The quantitative estimate of drug-likeness (QED) is 0.861. The molecule has 0 bridgehead atoms. The molecule has 1 aromatic heterocycles. The molecule has 25 heavy (non-hydrogen) atoms. The summed E-state index contributed by atoms with van der Waals surface area (Å²) in [5.41, 5.74) is 1.85. The third-order valence-corrected chi connectivity index (χ3v) is 6.35. The smallest absolute Gasteiger partial charge is 0.230 e. The molecule has 1 amide bonds. The Labute approximate surface area is 151 Å². The number of amides is 1. The lowest BCUT2D eigenvalue weighted by Crippen LogP contribution is -2.29. The van der Waals surface area contributed by atoms with E-state index in [2.05, 4.69) is 22.1 Å². The maximum Gasteiger partial charge on any atom is 0.230 e. The fraction of sp³-hybridized carbons (Fsp3) is 0.412. The Kier molecular flexibility index (Phi) is 5.21. The lowest BCUT2D eigenvalue weighted by Gasteiger charge is -2.23. The Hall–Kier alpha value is -1.77. The molecule has 0 fully saturated rings. The molecule has 0 saturated heterocycles. The fourth-order valence-corrected chi connectivity index (χ4v) is 4.47. The number of likely N-dealkylation sites (N-methyl/N-ethyl adjacent to an activating group) is 1. The lowest BCUT2D eigenvalue weighted by atomic mass is 10.1. The molecule has 0 atom stereocenters. The number of anilines is 1. The van der Waals surface area contributed by atoms with Crippen LogP contribution in [-0.4, -0.2) is 43.6 Å². The molecule has 0 unspecified atom stereocenters. The van der Waals surface area contributed by atoms with Crippen molar-refractivity contribution in [3.8, 4) is 0 Å². The average molecular weight is 380 g/mol. The summed E-state index contributed by atoms with van der Waals surface area (Å²) in [7, 11) is -3.22. The van der Waals surface area contributed by atoms with E-state index in [0.29, 0.717) is 5.13 Å². The molecule has 0 radical (unpaired) electrons. The minimum absolute atomic E-state index is 0.148. The van der Waals surface area contributed by atoms with Crippen molar-refractivity contribution in [3.63, 3.8) is 0 Å². The highest BCUT2D eigenvalue weighted by molar-refractivity contribution is 7.90. The summed E-state index contributed by atoms with van der Waals surface area (Å²) in [5, 5.41) is 3.50. The molecule has 3 rings (SSSR count). The predicted octanol–water partition coefficient (Wildman–Crippen LogP) is 2.11. The molecule has 0 aliphatic carbocycles. The Morgan fingerprint density at radius 3 is 2.68 bits per heavy atom. The van der Waals surface area contributed by atoms with Gasteiger partial charge in [0.2, 0.25) is 5.91 Å². The van der Waals surface area contributed by atoms with E-state index in [9.17, 15) is 13.2 Å². The van der Waals surface area contributed by atoms with Crippen LogP contribution < -0.4 is 5.32 Å². The van der Waals surface area contributed by atoms with Crippen molar-refractivity contribution in [1.82, 2.24) is 9.88 Å². The number of benzene rings is 1. The molecular weight excluding hydrogens is 358 g/mol. The first-order chi connectivity index (χ1) is 11.8. The van der Waals surface area contributed by atoms with Gasteiger partial charge in [0.25, 0.3) is 0 Å². The zero-order chi connectivity index (χ0) is 18.0. The van der Waals surface area contributed by atoms with Crippen LogP contribution in [0.1, 0.15) is 23.1 Å². The highest BCUT2D eigenvalue weighted by atomic mass is 32.2. The number of carbonyl (C=O) groups excluding carboxylic acids is 1. The number of thiazole rings is 1. The number of aromatic nitrogens is 1. The van der Waals surface area contributed by atoms with Crippen LogP contribution in [0.5, 0.6) is 0 Å². The molecule has 0 spiro atoms. The number of nitrogens with zero attached hydrogens (tertiary/aromatic N) is 2. The summed E-state index contributed by atoms with van der Waals surface area (Å²) in [6, 6.07) is 6.39. The molecule has 2 aromatic rings. The molecule has 6 nitrogen and oxygen atoms in total. The Balaban J connectivity index is 1.62. The van der Waals surface area contributed by atoms with Gasteiger partial charge in [-0.3, -0.25) is 9.69 Å². The third-order valence-electron chi connectivity index (χ3n) is 4.22. The van der Waals surface area contributed by atoms with Crippen LogP contribution in [0.4, 0.5) is 5.13 Å². The van der Waals surface area contributed by atoms with Gasteiger partial charge in [-0.1, -0.05) is 19.1 Å². The summed E-state index contributed by atoms with van der Waals surface area (Å²) < 4.78 is 22.9. The average Bonchev–Trinajstić information content (AvgIpc) is 2.95. The van der Waals surface area contributed by atoms with E-state index < -0.39 is 9.84 Å². The molecule has 1 aliphatic heterocycles. The van der Waals surface area contributed by atoms with E-state index in [1.807, 2.05) is 0 Å². The van der Waals surface area contributed by atoms with Crippen LogP contribution in [-0.2, 0) is 34.0 Å². The van der Waals surface area contributed by atoms with Gasteiger partial charge in [-0.05, 0) is 24.2 Å². The van der Waals surface area contributed by atoms with E-state index in [0.717, 1.165) is 37.3 Å². The number of fused-ring (bicyclic) bond motifs is 1. The lowest BCUT2D eigenvalue weighted by molar-refractivity contribution is -0.115. The van der Waals surface area contributed by atoms with Crippen LogP contribution in [0.25, 0.3) is 0 Å². The van der Waals surface area contributed by atoms with Crippen LogP contribution >= 0.6 is 11.3 Å². The third kappa shape index (κ3) is 4.45. The van der Waals surface area contributed by atoms with Gasteiger partial charge in [-0.15, -0.1) is 11.3 Å². The van der Waals surface area contributed by atoms with Crippen LogP contribution in [0, 0.1) is 0 Å². The number of rotatable bonds is 5. The maximum absolute atomic E-state index is 12.2. The van der Waals surface area contributed by atoms with Crippen LogP contribution in [0.3, 0.4) is 0 Å². The van der Waals surface area contributed by atoms with Gasteiger partial charge < -0.3 is 5.32 Å². The zero-order valence-corrected chi connectivity index (χ0v) is 15.9. The minimum atomic E-state index is -3.22. The van der Waals surface area contributed by atoms with Gasteiger partial charge in [-0.2, -0.15) is 0 Å². The molecule has 1 aromatic carbocycles.